The Hall–Kier alpha value is -4.14. The molecule has 0 unspecified atom stereocenters. The molecule has 0 radical (unpaired) electrons. The molecule has 0 fully saturated rings. The van der Waals surface area contributed by atoms with Crippen LogP contribution in [-0.4, -0.2) is 25.2 Å². The van der Waals surface area contributed by atoms with E-state index < -0.39 is 11.7 Å². The summed E-state index contributed by atoms with van der Waals surface area (Å²) in [4.78, 5) is 17.1. The second kappa shape index (κ2) is 8.02. The summed E-state index contributed by atoms with van der Waals surface area (Å²) < 4.78 is 42.5. The molecule has 172 valence electrons. The minimum Gasteiger partial charge on any atom is -0.346 e. The third kappa shape index (κ3) is 3.79. The number of amides is 1. The second-order valence-electron chi connectivity index (χ2n) is 8.10. The molecular formula is C25H20F3N5O. The number of rotatable bonds is 4. The maximum absolute atomic E-state index is 13.0. The van der Waals surface area contributed by atoms with E-state index >= 15 is 0 Å². The van der Waals surface area contributed by atoms with Gasteiger partial charge < -0.3 is 5.32 Å². The summed E-state index contributed by atoms with van der Waals surface area (Å²) in [6.07, 6.45) is -0.894. The number of benzene rings is 2. The number of aryl methyl sites for hydroxylation is 2. The Morgan fingerprint density at radius 2 is 1.82 bits per heavy atom. The van der Waals surface area contributed by atoms with Crippen LogP contribution < -0.4 is 5.32 Å². The highest BCUT2D eigenvalue weighted by Gasteiger charge is 2.30. The Morgan fingerprint density at radius 3 is 2.53 bits per heavy atom. The third-order valence-corrected chi connectivity index (χ3v) is 5.80. The molecule has 3 aromatic heterocycles. The van der Waals surface area contributed by atoms with Gasteiger partial charge >= 0.3 is 6.18 Å². The molecule has 0 aliphatic rings. The summed E-state index contributed by atoms with van der Waals surface area (Å²) >= 11 is 0. The monoisotopic (exact) mass is 463 g/mol. The first-order chi connectivity index (χ1) is 16.2. The van der Waals surface area contributed by atoms with Crippen molar-refractivity contribution in [2.75, 3.05) is 0 Å². The number of nitrogens with zero attached hydrogens (tertiary/aromatic N) is 4. The van der Waals surface area contributed by atoms with Gasteiger partial charge in [0.1, 0.15) is 0 Å². The zero-order valence-corrected chi connectivity index (χ0v) is 18.4. The summed E-state index contributed by atoms with van der Waals surface area (Å²) in [6.45, 7) is 2.24. The molecule has 0 saturated heterocycles. The quantitative estimate of drug-likeness (QED) is 0.400. The molecule has 1 amide bonds. The lowest BCUT2D eigenvalue weighted by Gasteiger charge is -2.10. The minimum absolute atomic E-state index is 0.244. The molecule has 3 heterocycles. The van der Waals surface area contributed by atoms with Crippen LogP contribution in [-0.2, 0) is 19.8 Å². The van der Waals surface area contributed by atoms with Crippen molar-refractivity contribution in [3.05, 3.63) is 89.4 Å². The van der Waals surface area contributed by atoms with Crippen LogP contribution in [0.25, 0.3) is 27.6 Å². The van der Waals surface area contributed by atoms with E-state index in [9.17, 15) is 18.0 Å². The van der Waals surface area contributed by atoms with Gasteiger partial charge in [-0.1, -0.05) is 6.07 Å². The van der Waals surface area contributed by atoms with Crippen molar-refractivity contribution in [1.29, 1.82) is 0 Å². The van der Waals surface area contributed by atoms with Gasteiger partial charge in [0.2, 0.25) is 0 Å². The van der Waals surface area contributed by atoms with Gasteiger partial charge in [-0.2, -0.15) is 18.3 Å². The second-order valence-corrected chi connectivity index (χ2v) is 8.10. The van der Waals surface area contributed by atoms with Crippen molar-refractivity contribution >= 4 is 27.8 Å². The lowest BCUT2D eigenvalue weighted by atomic mass is 10.1. The summed E-state index contributed by atoms with van der Waals surface area (Å²) in [5.41, 5.74) is 3.43. The number of hydrogen-bond acceptors (Lipinski definition) is 3. The SMILES string of the molecule is Cc1cccnc1CNC(=O)c1ccc2c(c1)c1cn(C)nc1n2-c1ccc(C(F)(F)F)cc1. The largest absolute Gasteiger partial charge is 0.416 e. The maximum atomic E-state index is 13.0. The number of aromatic nitrogens is 4. The summed E-state index contributed by atoms with van der Waals surface area (Å²) in [6, 6.07) is 14.0. The maximum Gasteiger partial charge on any atom is 0.416 e. The average Bonchev–Trinajstić information content (AvgIpc) is 3.32. The topological polar surface area (TPSA) is 64.7 Å². The molecule has 0 aliphatic heterocycles. The molecule has 0 bridgehead atoms. The molecule has 5 aromatic rings. The zero-order chi connectivity index (χ0) is 24.0. The Balaban J connectivity index is 1.54. The molecule has 0 saturated carbocycles. The highest BCUT2D eigenvalue weighted by atomic mass is 19.4. The Labute approximate surface area is 192 Å². The van der Waals surface area contributed by atoms with Crippen molar-refractivity contribution in [3.8, 4) is 5.69 Å². The molecule has 0 aliphatic carbocycles. The van der Waals surface area contributed by atoms with E-state index in [4.69, 9.17) is 0 Å². The van der Waals surface area contributed by atoms with E-state index in [1.54, 1.807) is 40.7 Å². The Kier molecular flexibility index (Phi) is 5.11. The molecule has 34 heavy (non-hydrogen) atoms. The predicted octanol–water partition coefficient (Wildman–Crippen LogP) is 5.17. The number of alkyl halides is 3. The number of fused-ring (bicyclic) bond motifs is 3. The van der Waals surface area contributed by atoms with E-state index in [1.165, 1.54) is 12.1 Å². The standard InChI is InChI=1S/C25H20F3N5O/c1-15-4-3-11-29-21(15)13-30-24(34)16-5-10-22-19(12-16)20-14-32(2)31-23(20)33(22)18-8-6-17(7-9-18)25(26,27)28/h3-12,14H,13H2,1-2H3,(H,30,34). The van der Waals surface area contributed by atoms with Crippen LogP contribution in [0.4, 0.5) is 13.2 Å². The number of carbonyl (C=O) groups excluding carboxylic acids is 1. The normalized spacial score (nSPS) is 11.9. The molecule has 5 rings (SSSR count). The molecule has 1 N–H and O–H groups in total. The van der Waals surface area contributed by atoms with Crippen molar-refractivity contribution in [3.63, 3.8) is 0 Å². The van der Waals surface area contributed by atoms with Crippen LogP contribution in [0.5, 0.6) is 0 Å². The third-order valence-electron chi connectivity index (χ3n) is 5.80. The fourth-order valence-electron chi connectivity index (χ4n) is 4.06. The van der Waals surface area contributed by atoms with Gasteiger partial charge in [0.25, 0.3) is 5.91 Å². The highest BCUT2D eigenvalue weighted by molar-refractivity contribution is 6.10. The minimum atomic E-state index is -4.41. The Morgan fingerprint density at radius 1 is 1.06 bits per heavy atom. The van der Waals surface area contributed by atoms with Crippen LogP contribution in [0, 0.1) is 6.92 Å². The fourth-order valence-corrected chi connectivity index (χ4v) is 4.06. The highest BCUT2D eigenvalue weighted by Crippen LogP contribution is 2.34. The number of nitrogens with one attached hydrogen (secondary N) is 1. The first-order valence-electron chi connectivity index (χ1n) is 10.6. The van der Waals surface area contributed by atoms with Crippen LogP contribution in [0.1, 0.15) is 27.2 Å². The van der Waals surface area contributed by atoms with Crippen LogP contribution in [0.2, 0.25) is 0 Å². The van der Waals surface area contributed by atoms with E-state index in [0.29, 0.717) is 23.4 Å². The lowest BCUT2D eigenvalue weighted by molar-refractivity contribution is -0.137. The van der Waals surface area contributed by atoms with Crippen molar-refractivity contribution in [2.45, 2.75) is 19.6 Å². The van der Waals surface area contributed by atoms with Gasteiger partial charge in [0.15, 0.2) is 5.65 Å². The average molecular weight is 463 g/mol. The smallest absolute Gasteiger partial charge is 0.346 e. The zero-order valence-electron chi connectivity index (χ0n) is 18.4. The first kappa shape index (κ1) is 21.7. The van der Waals surface area contributed by atoms with Crippen LogP contribution >= 0.6 is 0 Å². The van der Waals surface area contributed by atoms with Gasteiger partial charge in [-0.05, 0) is 61.0 Å². The van der Waals surface area contributed by atoms with E-state index in [2.05, 4.69) is 15.4 Å². The molecule has 6 nitrogen and oxygen atoms in total. The van der Waals surface area contributed by atoms with E-state index in [0.717, 1.165) is 39.7 Å². The number of pyridine rings is 1. The predicted molar refractivity (Wildman–Crippen MR) is 123 cm³/mol. The molecule has 9 heteroatoms. The van der Waals surface area contributed by atoms with Crippen LogP contribution in [0.15, 0.2) is 67.0 Å². The Bertz CT molecular complexity index is 1530. The van der Waals surface area contributed by atoms with Gasteiger partial charge in [0.05, 0.1) is 23.3 Å². The van der Waals surface area contributed by atoms with Crippen molar-refractivity contribution in [1.82, 2.24) is 24.6 Å². The first-order valence-corrected chi connectivity index (χ1v) is 10.6. The fraction of sp³-hybridized carbons (Fsp3) is 0.160. The van der Waals surface area contributed by atoms with Gasteiger partial charge in [-0.15, -0.1) is 0 Å². The summed E-state index contributed by atoms with van der Waals surface area (Å²) in [5.74, 6) is -0.244. The summed E-state index contributed by atoms with van der Waals surface area (Å²) in [5, 5.41) is 8.98. The number of carbonyl (C=O) groups is 1. The van der Waals surface area contributed by atoms with Crippen LogP contribution in [0.3, 0.4) is 0 Å². The summed E-state index contributed by atoms with van der Waals surface area (Å²) in [7, 11) is 1.77. The number of halogens is 3. The van der Waals surface area contributed by atoms with E-state index in [-0.39, 0.29) is 5.91 Å². The van der Waals surface area contributed by atoms with Gasteiger partial charge in [-0.3, -0.25) is 19.0 Å². The number of hydrogen-bond donors (Lipinski definition) is 1. The van der Waals surface area contributed by atoms with Gasteiger partial charge in [-0.25, -0.2) is 0 Å². The molecular weight excluding hydrogens is 443 g/mol. The van der Waals surface area contributed by atoms with Gasteiger partial charge in [0, 0.05) is 41.5 Å². The van der Waals surface area contributed by atoms with Crippen molar-refractivity contribution < 1.29 is 18.0 Å². The van der Waals surface area contributed by atoms with E-state index in [1.807, 2.05) is 25.3 Å². The molecule has 0 spiro atoms. The van der Waals surface area contributed by atoms with Crippen molar-refractivity contribution in [2.24, 2.45) is 7.05 Å². The molecule has 2 aromatic carbocycles. The lowest BCUT2D eigenvalue weighted by Crippen LogP contribution is -2.23. The molecule has 0 atom stereocenters.